The molecule has 4 N–H and O–H groups in total. The number of phenols is 1. The van der Waals surface area contributed by atoms with Crippen molar-refractivity contribution in [2.45, 2.75) is 6.92 Å². The van der Waals surface area contributed by atoms with Gasteiger partial charge in [0.05, 0.1) is 17.4 Å². The minimum Gasteiger partial charge on any atom is -0.506 e. The standard InChI is InChI=1S/C12H11N5O/c1-6-7-3-2-4-9(18)11(7)16-10(6)8-5-14-17-12(13)15-8/h2-5,16,18H,1H3,(H2,13,15,17). The van der Waals surface area contributed by atoms with Crippen molar-refractivity contribution in [3.8, 4) is 17.1 Å². The summed E-state index contributed by atoms with van der Waals surface area (Å²) in [6.07, 6.45) is 1.53. The number of H-pyrrole nitrogens is 1. The largest absolute Gasteiger partial charge is 0.506 e. The normalized spacial score (nSPS) is 10.9. The molecule has 0 atom stereocenters. The van der Waals surface area contributed by atoms with E-state index in [1.54, 1.807) is 12.1 Å². The van der Waals surface area contributed by atoms with Gasteiger partial charge >= 0.3 is 0 Å². The molecule has 0 amide bonds. The molecule has 90 valence electrons. The molecule has 0 aliphatic rings. The number of hydrogen-bond donors (Lipinski definition) is 3. The van der Waals surface area contributed by atoms with Gasteiger partial charge in [0.15, 0.2) is 0 Å². The molecule has 6 nitrogen and oxygen atoms in total. The highest BCUT2D eigenvalue weighted by molar-refractivity contribution is 5.93. The molecule has 0 saturated heterocycles. The number of aryl methyl sites for hydroxylation is 1. The smallest absolute Gasteiger partial charge is 0.240 e. The van der Waals surface area contributed by atoms with Crippen LogP contribution in [0.5, 0.6) is 5.75 Å². The average molecular weight is 241 g/mol. The van der Waals surface area contributed by atoms with Crippen LogP contribution in [0.4, 0.5) is 5.95 Å². The first-order chi connectivity index (χ1) is 8.66. The highest BCUT2D eigenvalue weighted by Gasteiger charge is 2.13. The molecule has 3 aromatic rings. The summed E-state index contributed by atoms with van der Waals surface area (Å²) >= 11 is 0. The fraction of sp³-hybridized carbons (Fsp3) is 0.0833. The predicted octanol–water partition coefficient (Wildman–Crippen LogP) is 1.62. The second-order valence-electron chi connectivity index (χ2n) is 4.02. The minimum atomic E-state index is 0.120. The summed E-state index contributed by atoms with van der Waals surface area (Å²) < 4.78 is 0. The second kappa shape index (κ2) is 3.69. The van der Waals surface area contributed by atoms with E-state index in [9.17, 15) is 5.11 Å². The second-order valence-corrected chi connectivity index (χ2v) is 4.02. The minimum absolute atomic E-state index is 0.120. The number of nitrogens with zero attached hydrogens (tertiary/aromatic N) is 3. The zero-order chi connectivity index (χ0) is 12.7. The molecule has 1 aromatic carbocycles. The van der Waals surface area contributed by atoms with Crippen molar-refractivity contribution in [2.75, 3.05) is 5.73 Å². The number of anilines is 1. The van der Waals surface area contributed by atoms with Crippen LogP contribution < -0.4 is 5.73 Å². The van der Waals surface area contributed by atoms with Gasteiger partial charge < -0.3 is 15.8 Å². The molecule has 0 bridgehead atoms. The predicted molar refractivity (Wildman–Crippen MR) is 67.9 cm³/mol. The lowest BCUT2D eigenvalue weighted by Crippen LogP contribution is -1.98. The molecule has 2 heterocycles. The van der Waals surface area contributed by atoms with Gasteiger partial charge in [-0.25, -0.2) is 4.98 Å². The monoisotopic (exact) mass is 241 g/mol. The van der Waals surface area contributed by atoms with Crippen LogP contribution >= 0.6 is 0 Å². The Morgan fingerprint density at radius 2 is 2.17 bits per heavy atom. The Labute approximate surface area is 103 Å². The van der Waals surface area contributed by atoms with Crippen LogP contribution in [0.3, 0.4) is 0 Å². The number of fused-ring (bicyclic) bond motifs is 1. The summed E-state index contributed by atoms with van der Waals surface area (Å²) in [4.78, 5) is 7.26. The van der Waals surface area contributed by atoms with E-state index in [0.717, 1.165) is 16.6 Å². The molecular weight excluding hydrogens is 230 g/mol. The van der Waals surface area contributed by atoms with Crippen LogP contribution in [0.1, 0.15) is 5.56 Å². The Bertz CT molecular complexity index is 734. The lowest BCUT2D eigenvalue weighted by Gasteiger charge is -1.98. The third-order valence-electron chi connectivity index (χ3n) is 2.90. The van der Waals surface area contributed by atoms with Crippen molar-refractivity contribution in [2.24, 2.45) is 0 Å². The van der Waals surface area contributed by atoms with E-state index in [2.05, 4.69) is 20.2 Å². The Hall–Kier alpha value is -2.63. The Balaban J connectivity index is 2.30. The van der Waals surface area contributed by atoms with Gasteiger partial charge in [-0.1, -0.05) is 12.1 Å². The Morgan fingerprint density at radius 3 is 2.89 bits per heavy atom. The van der Waals surface area contributed by atoms with Crippen molar-refractivity contribution in [3.63, 3.8) is 0 Å². The summed E-state index contributed by atoms with van der Waals surface area (Å²) in [5.74, 6) is 0.326. The van der Waals surface area contributed by atoms with Crippen molar-refractivity contribution in [3.05, 3.63) is 30.0 Å². The van der Waals surface area contributed by atoms with E-state index in [1.165, 1.54) is 6.20 Å². The highest BCUT2D eigenvalue weighted by atomic mass is 16.3. The third-order valence-corrected chi connectivity index (χ3v) is 2.90. The zero-order valence-corrected chi connectivity index (χ0v) is 9.68. The number of nitrogens with two attached hydrogens (primary N) is 1. The van der Waals surface area contributed by atoms with Gasteiger partial charge in [-0.15, -0.1) is 5.10 Å². The summed E-state index contributed by atoms with van der Waals surface area (Å²) in [6, 6.07) is 5.37. The molecule has 0 spiro atoms. The zero-order valence-electron chi connectivity index (χ0n) is 9.68. The summed E-state index contributed by atoms with van der Waals surface area (Å²) in [5, 5.41) is 18.1. The lowest BCUT2D eigenvalue weighted by atomic mass is 10.1. The topological polar surface area (TPSA) is 101 Å². The number of nitrogens with one attached hydrogen (secondary N) is 1. The van der Waals surface area contributed by atoms with E-state index in [4.69, 9.17) is 5.73 Å². The first kappa shape index (κ1) is 10.5. The van der Waals surface area contributed by atoms with Gasteiger partial charge in [0.1, 0.15) is 11.4 Å². The number of aromatic hydroxyl groups is 1. The van der Waals surface area contributed by atoms with E-state index in [1.807, 2.05) is 13.0 Å². The molecule has 0 radical (unpaired) electrons. The van der Waals surface area contributed by atoms with E-state index < -0.39 is 0 Å². The molecular formula is C12H11N5O. The average Bonchev–Trinajstić information content (AvgIpc) is 2.69. The number of aromatic nitrogens is 4. The molecule has 0 aliphatic carbocycles. The number of rotatable bonds is 1. The van der Waals surface area contributed by atoms with Crippen LogP contribution in [-0.2, 0) is 0 Å². The van der Waals surface area contributed by atoms with Gasteiger partial charge in [0, 0.05) is 5.39 Å². The maximum absolute atomic E-state index is 9.81. The number of nitrogen functional groups attached to an aromatic ring is 1. The number of aromatic amines is 1. The molecule has 0 fully saturated rings. The van der Waals surface area contributed by atoms with Crippen LogP contribution in [0.2, 0.25) is 0 Å². The van der Waals surface area contributed by atoms with Crippen LogP contribution in [0.25, 0.3) is 22.3 Å². The number of phenolic OH excluding ortho intramolecular Hbond substituents is 1. The molecule has 3 rings (SSSR count). The van der Waals surface area contributed by atoms with Crippen LogP contribution in [0, 0.1) is 6.92 Å². The van der Waals surface area contributed by atoms with Crippen LogP contribution in [-0.4, -0.2) is 25.3 Å². The van der Waals surface area contributed by atoms with Crippen molar-refractivity contribution >= 4 is 16.9 Å². The summed E-state index contributed by atoms with van der Waals surface area (Å²) in [5.41, 5.74) is 8.58. The van der Waals surface area contributed by atoms with Gasteiger partial charge in [0.25, 0.3) is 0 Å². The Kier molecular flexibility index (Phi) is 2.16. The van der Waals surface area contributed by atoms with E-state index in [-0.39, 0.29) is 11.7 Å². The maximum Gasteiger partial charge on any atom is 0.240 e. The number of benzene rings is 1. The first-order valence-corrected chi connectivity index (χ1v) is 5.42. The third kappa shape index (κ3) is 1.46. The van der Waals surface area contributed by atoms with Gasteiger partial charge in [-0.3, -0.25) is 0 Å². The first-order valence-electron chi connectivity index (χ1n) is 5.42. The van der Waals surface area contributed by atoms with Crippen molar-refractivity contribution in [1.29, 1.82) is 0 Å². The molecule has 6 heteroatoms. The fourth-order valence-corrected chi connectivity index (χ4v) is 2.03. The molecule has 18 heavy (non-hydrogen) atoms. The van der Waals surface area contributed by atoms with Gasteiger partial charge in [0.2, 0.25) is 5.95 Å². The molecule has 0 unspecified atom stereocenters. The molecule has 2 aromatic heterocycles. The van der Waals surface area contributed by atoms with Crippen LogP contribution in [0.15, 0.2) is 24.4 Å². The highest BCUT2D eigenvalue weighted by Crippen LogP contribution is 2.32. The number of hydrogen-bond acceptors (Lipinski definition) is 5. The summed E-state index contributed by atoms with van der Waals surface area (Å²) in [7, 11) is 0. The van der Waals surface area contributed by atoms with E-state index >= 15 is 0 Å². The molecule has 0 aliphatic heterocycles. The van der Waals surface area contributed by atoms with Gasteiger partial charge in [-0.05, 0) is 18.6 Å². The SMILES string of the molecule is Cc1c(-c2cnnc(N)n2)[nH]c2c(O)cccc12. The summed E-state index contributed by atoms with van der Waals surface area (Å²) in [6.45, 7) is 1.95. The molecule has 0 saturated carbocycles. The Morgan fingerprint density at radius 1 is 1.33 bits per heavy atom. The fourth-order valence-electron chi connectivity index (χ4n) is 2.03. The number of para-hydroxylation sites is 1. The van der Waals surface area contributed by atoms with Crippen molar-refractivity contribution < 1.29 is 5.11 Å². The maximum atomic E-state index is 9.81. The van der Waals surface area contributed by atoms with Gasteiger partial charge in [-0.2, -0.15) is 5.10 Å². The quantitative estimate of drug-likeness (QED) is 0.601. The van der Waals surface area contributed by atoms with Crippen molar-refractivity contribution in [1.82, 2.24) is 20.2 Å². The lowest BCUT2D eigenvalue weighted by molar-refractivity contribution is 0.480. The van der Waals surface area contributed by atoms with E-state index in [0.29, 0.717) is 11.2 Å².